The lowest BCUT2D eigenvalue weighted by atomic mass is 10.2. The van der Waals surface area contributed by atoms with Crippen LogP contribution in [-0.4, -0.2) is 18.1 Å². The molecule has 16 heavy (non-hydrogen) atoms. The van der Waals surface area contributed by atoms with Gasteiger partial charge in [0, 0.05) is 21.6 Å². The van der Waals surface area contributed by atoms with E-state index in [-0.39, 0.29) is 5.82 Å². The smallest absolute Gasteiger partial charge is 0.293 e. The molecule has 0 amide bonds. The van der Waals surface area contributed by atoms with E-state index in [0.29, 0.717) is 13.1 Å². The number of rotatable bonds is 2. The van der Waals surface area contributed by atoms with Gasteiger partial charge in [0.25, 0.3) is 6.47 Å². The third-order valence-corrected chi connectivity index (χ3v) is 2.47. The minimum Gasteiger partial charge on any atom is -0.468 e. The minimum atomic E-state index is -0.230. The van der Waals surface area contributed by atoms with E-state index in [9.17, 15) is 9.18 Å². The molecule has 0 radical (unpaired) electrons. The van der Waals surface area contributed by atoms with Gasteiger partial charge < -0.3 is 9.72 Å². The van der Waals surface area contributed by atoms with Crippen molar-refractivity contribution in [1.82, 2.24) is 4.98 Å². The highest BCUT2D eigenvalue weighted by Crippen LogP contribution is 2.23. The van der Waals surface area contributed by atoms with Gasteiger partial charge in [-0.05, 0) is 41.1 Å². The molecular formula is C11H11BrFNO2. The van der Waals surface area contributed by atoms with Crippen LogP contribution in [0.4, 0.5) is 4.39 Å². The lowest BCUT2D eigenvalue weighted by Gasteiger charge is -1.93. The molecule has 0 fully saturated rings. The van der Waals surface area contributed by atoms with Crippen LogP contribution in [0.5, 0.6) is 0 Å². The standard InChI is InChI=1S/C8H5BrFN.C3H6O2/c9-7-3-5(10)4-8-6(7)1-2-11-8;1-2-5-3-4/h1-4,11H;3H,2H2,1H3. The molecule has 0 bridgehead atoms. The largest absolute Gasteiger partial charge is 0.468 e. The Bertz CT molecular complexity index is 470. The third-order valence-electron chi connectivity index (χ3n) is 1.82. The summed E-state index contributed by atoms with van der Waals surface area (Å²) in [6.45, 7) is 2.66. The molecule has 1 aromatic carbocycles. The quantitative estimate of drug-likeness (QED) is 0.862. The summed E-state index contributed by atoms with van der Waals surface area (Å²) in [5, 5.41) is 1.01. The lowest BCUT2D eigenvalue weighted by Crippen LogP contribution is -1.80. The van der Waals surface area contributed by atoms with Crippen molar-refractivity contribution in [1.29, 1.82) is 0 Å². The van der Waals surface area contributed by atoms with Crippen LogP contribution in [-0.2, 0) is 9.53 Å². The van der Waals surface area contributed by atoms with Crippen molar-refractivity contribution >= 4 is 33.3 Å². The van der Waals surface area contributed by atoms with Crippen molar-refractivity contribution in [2.45, 2.75) is 6.92 Å². The molecule has 0 unspecified atom stereocenters. The predicted octanol–water partition coefficient (Wildman–Crippen LogP) is 3.25. The fourth-order valence-corrected chi connectivity index (χ4v) is 1.72. The summed E-state index contributed by atoms with van der Waals surface area (Å²) in [4.78, 5) is 12.1. The molecular weight excluding hydrogens is 277 g/mol. The van der Waals surface area contributed by atoms with E-state index in [4.69, 9.17) is 0 Å². The second kappa shape index (κ2) is 6.27. The highest BCUT2D eigenvalue weighted by Gasteiger charge is 2.00. The molecule has 3 nitrogen and oxygen atoms in total. The van der Waals surface area contributed by atoms with Gasteiger partial charge in [-0.15, -0.1) is 0 Å². The fraction of sp³-hybridized carbons (Fsp3) is 0.182. The van der Waals surface area contributed by atoms with E-state index in [1.165, 1.54) is 12.1 Å². The van der Waals surface area contributed by atoms with Gasteiger partial charge in [-0.3, -0.25) is 4.79 Å². The predicted molar refractivity (Wildman–Crippen MR) is 63.6 cm³/mol. The summed E-state index contributed by atoms with van der Waals surface area (Å²) in [7, 11) is 0. The molecule has 1 N–H and O–H groups in total. The van der Waals surface area contributed by atoms with Gasteiger partial charge in [-0.1, -0.05) is 0 Å². The first-order valence-corrected chi connectivity index (χ1v) is 5.45. The number of halogens is 2. The van der Waals surface area contributed by atoms with Gasteiger partial charge in [0.2, 0.25) is 0 Å². The minimum absolute atomic E-state index is 0.230. The van der Waals surface area contributed by atoms with Crippen LogP contribution in [0.25, 0.3) is 10.9 Å². The first kappa shape index (κ1) is 12.7. The van der Waals surface area contributed by atoms with Crippen molar-refractivity contribution in [3.63, 3.8) is 0 Å². The molecule has 0 spiro atoms. The Morgan fingerprint density at radius 2 is 2.31 bits per heavy atom. The summed E-state index contributed by atoms with van der Waals surface area (Å²) in [5.41, 5.74) is 0.817. The number of benzene rings is 1. The summed E-state index contributed by atoms with van der Waals surface area (Å²) in [6.07, 6.45) is 1.79. The zero-order chi connectivity index (χ0) is 12.0. The van der Waals surface area contributed by atoms with Crippen LogP contribution in [0.1, 0.15) is 6.92 Å². The van der Waals surface area contributed by atoms with Crippen LogP contribution < -0.4 is 0 Å². The molecule has 86 valence electrons. The summed E-state index contributed by atoms with van der Waals surface area (Å²) in [5.74, 6) is -0.230. The monoisotopic (exact) mass is 287 g/mol. The lowest BCUT2D eigenvalue weighted by molar-refractivity contribution is -0.128. The summed E-state index contributed by atoms with van der Waals surface area (Å²) >= 11 is 3.27. The van der Waals surface area contributed by atoms with Crippen LogP contribution in [0, 0.1) is 5.82 Å². The second-order valence-electron chi connectivity index (χ2n) is 2.88. The maximum absolute atomic E-state index is 12.7. The molecule has 0 aliphatic carbocycles. The molecule has 2 aromatic rings. The Kier molecular flexibility index (Phi) is 4.98. The Morgan fingerprint density at radius 3 is 2.88 bits per heavy atom. The van der Waals surface area contributed by atoms with E-state index in [1.807, 2.05) is 6.07 Å². The molecule has 0 atom stereocenters. The number of hydrogen-bond donors (Lipinski definition) is 1. The highest BCUT2D eigenvalue weighted by atomic mass is 79.9. The number of carbonyl (C=O) groups is 1. The number of nitrogens with one attached hydrogen (secondary N) is 1. The number of hydrogen-bond acceptors (Lipinski definition) is 2. The molecule has 0 aliphatic heterocycles. The number of aromatic amines is 1. The molecule has 2 rings (SSSR count). The van der Waals surface area contributed by atoms with Crippen molar-refractivity contribution in [3.8, 4) is 0 Å². The van der Waals surface area contributed by atoms with Crippen LogP contribution in [0.3, 0.4) is 0 Å². The van der Waals surface area contributed by atoms with Gasteiger partial charge in [-0.2, -0.15) is 0 Å². The Balaban J connectivity index is 0.000000221. The number of H-pyrrole nitrogens is 1. The summed E-state index contributed by atoms with van der Waals surface area (Å²) in [6, 6.07) is 4.83. The number of ether oxygens (including phenoxy) is 1. The summed E-state index contributed by atoms with van der Waals surface area (Å²) < 4.78 is 17.7. The van der Waals surface area contributed by atoms with Crippen LogP contribution in [0.2, 0.25) is 0 Å². The molecule has 1 heterocycles. The van der Waals surface area contributed by atoms with Crippen molar-refractivity contribution in [2.75, 3.05) is 6.61 Å². The molecule has 0 saturated carbocycles. The van der Waals surface area contributed by atoms with Crippen molar-refractivity contribution < 1.29 is 13.9 Å². The van der Waals surface area contributed by atoms with E-state index >= 15 is 0 Å². The van der Waals surface area contributed by atoms with Gasteiger partial charge in [0.15, 0.2) is 0 Å². The zero-order valence-electron chi connectivity index (χ0n) is 8.67. The van der Waals surface area contributed by atoms with Crippen molar-refractivity contribution in [3.05, 3.63) is 34.7 Å². The topological polar surface area (TPSA) is 42.1 Å². The van der Waals surface area contributed by atoms with Gasteiger partial charge in [-0.25, -0.2) is 4.39 Å². The third kappa shape index (κ3) is 3.34. The number of carbonyl (C=O) groups excluding carboxylic acids is 1. The number of fused-ring (bicyclic) bond motifs is 1. The SMILES string of the molecule is CCOC=O.Fc1cc(Br)c2cc[nH]c2c1. The average molecular weight is 288 g/mol. The Labute approximate surface area is 101 Å². The molecule has 1 aromatic heterocycles. The molecule has 5 heteroatoms. The van der Waals surface area contributed by atoms with E-state index in [1.54, 1.807) is 13.1 Å². The van der Waals surface area contributed by atoms with Crippen LogP contribution >= 0.6 is 15.9 Å². The Morgan fingerprint density at radius 1 is 1.56 bits per heavy atom. The molecule has 0 aliphatic rings. The van der Waals surface area contributed by atoms with Gasteiger partial charge in [0.05, 0.1) is 6.61 Å². The maximum Gasteiger partial charge on any atom is 0.293 e. The first-order valence-electron chi connectivity index (χ1n) is 4.66. The van der Waals surface area contributed by atoms with E-state index in [2.05, 4.69) is 25.7 Å². The highest BCUT2D eigenvalue weighted by molar-refractivity contribution is 9.10. The maximum atomic E-state index is 12.7. The van der Waals surface area contributed by atoms with E-state index in [0.717, 1.165) is 15.4 Å². The Hall–Kier alpha value is -1.36. The average Bonchev–Trinajstić information content (AvgIpc) is 2.68. The normalized spacial score (nSPS) is 9.44. The first-order chi connectivity index (χ1) is 7.69. The number of aromatic nitrogens is 1. The van der Waals surface area contributed by atoms with Gasteiger partial charge >= 0.3 is 0 Å². The zero-order valence-corrected chi connectivity index (χ0v) is 10.3. The van der Waals surface area contributed by atoms with Gasteiger partial charge in [0.1, 0.15) is 5.82 Å². The van der Waals surface area contributed by atoms with E-state index < -0.39 is 0 Å². The fourth-order valence-electron chi connectivity index (χ4n) is 1.16. The van der Waals surface area contributed by atoms with Crippen molar-refractivity contribution in [2.24, 2.45) is 0 Å². The second-order valence-corrected chi connectivity index (χ2v) is 3.73. The molecule has 0 saturated heterocycles. The van der Waals surface area contributed by atoms with Crippen LogP contribution in [0.15, 0.2) is 28.9 Å².